The first-order valence-corrected chi connectivity index (χ1v) is 4.28. The number of ether oxygens (including phenoxy) is 1. The summed E-state index contributed by atoms with van der Waals surface area (Å²) in [5, 5.41) is 0. The number of hydrogen-bond donors (Lipinski definition) is 0. The maximum absolute atomic E-state index is 11.3. The van der Waals surface area contributed by atoms with Crippen LogP contribution in [0.15, 0.2) is 0 Å². The molecule has 0 saturated carbocycles. The van der Waals surface area contributed by atoms with Gasteiger partial charge >= 0.3 is 25.6 Å². The van der Waals surface area contributed by atoms with E-state index in [4.69, 9.17) is 4.74 Å². The number of likely N-dealkylation sites (tertiary alicyclic amines) is 1. The molecule has 0 atom stereocenters. The van der Waals surface area contributed by atoms with E-state index in [1.165, 1.54) is 0 Å². The SMILES string of the molecule is CC(C)(C)OC(=O)N1C[CH-]CC1.[I-].[I-].[Zn+2]. The minimum absolute atomic E-state index is 0. The normalized spacial score (nSPS) is 14.5. The number of carbonyl (C=O) groups excluding carboxylic acids is 1. The fourth-order valence-electron chi connectivity index (χ4n) is 1.08. The van der Waals surface area contributed by atoms with Gasteiger partial charge in [0.15, 0.2) is 0 Å². The minimum atomic E-state index is -0.375. The molecule has 1 amide bonds. The van der Waals surface area contributed by atoms with Gasteiger partial charge in [-0.05, 0) is 27.3 Å². The molecule has 0 aliphatic carbocycles. The molecule has 1 aliphatic heterocycles. The van der Waals surface area contributed by atoms with Crippen LogP contribution in [-0.4, -0.2) is 29.7 Å². The predicted molar refractivity (Wildman–Crippen MR) is 46.7 cm³/mol. The van der Waals surface area contributed by atoms with E-state index in [1.54, 1.807) is 4.90 Å². The summed E-state index contributed by atoms with van der Waals surface area (Å²) in [5.74, 6) is 0. The Bertz CT molecular complexity index is 179. The molecular formula is C9H16I2NO2Zn-. The number of nitrogens with zero attached hydrogens (tertiary/aromatic N) is 1. The molecule has 86 valence electrons. The molecular weight excluding hydrogens is 473 g/mol. The van der Waals surface area contributed by atoms with Gasteiger partial charge in [-0.1, -0.05) is 6.54 Å². The van der Waals surface area contributed by atoms with Crippen LogP contribution in [0.1, 0.15) is 27.2 Å². The Labute approximate surface area is 139 Å². The van der Waals surface area contributed by atoms with E-state index < -0.39 is 0 Å². The van der Waals surface area contributed by atoms with Crippen molar-refractivity contribution >= 4 is 6.09 Å². The zero-order valence-corrected chi connectivity index (χ0v) is 16.7. The van der Waals surface area contributed by atoms with Gasteiger partial charge in [-0.15, -0.1) is 0 Å². The Morgan fingerprint density at radius 1 is 1.33 bits per heavy atom. The van der Waals surface area contributed by atoms with E-state index in [2.05, 4.69) is 6.42 Å². The van der Waals surface area contributed by atoms with Crippen LogP contribution in [0.4, 0.5) is 4.79 Å². The van der Waals surface area contributed by atoms with Gasteiger partial charge in [0, 0.05) is 0 Å². The van der Waals surface area contributed by atoms with Crippen molar-refractivity contribution in [3.63, 3.8) is 0 Å². The molecule has 0 spiro atoms. The van der Waals surface area contributed by atoms with E-state index in [0.717, 1.165) is 19.5 Å². The molecule has 0 aromatic rings. The van der Waals surface area contributed by atoms with Crippen molar-refractivity contribution in [3.8, 4) is 0 Å². The number of halogens is 2. The molecule has 0 unspecified atom stereocenters. The summed E-state index contributed by atoms with van der Waals surface area (Å²) < 4.78 is 5.19. The van der Waals surface area contributed by atoms with Crippen LogP contribution in [0.25, 0.3) is 0 Å². The molecule has 6 heteroatoms. The molecule has 0 bridgehead atoms. The van der Waals surface area contributed by atoms with E-state index >= 15 is 0 Å². The maximum Gasteiger partial charge on any atom is 2.00 e. The number of hydrogen-bond acceptors (Lipinski definition) is 2. The van der Waals surface area contributed by atoms with Gasteiger partial charge < -0.3 is 64.0 Å². The van der Waals surface area contributed by atoms with Gasteiger partial charge in [0.1, 0.15) is 5.60 Å². The van der Waals surface area contributed by atoms with Crippen LogP contribution < -0.4 is 48.0 Å². The molecule has 1 aliphatic rings. The predicted octanol–water partition coefficient (Wildman–Crippen LogP) is -4.16. The number of rotatable bonds is 0. The van der Waals surface area contributed by atoms with Crippen molar-refractivity contribution in [2.24, 2.45) is 0 Å². The summed E-state index contributed by atoms with van der Waals surface area (Å²) in [5.41, 5.74) is -0.375. The van der Waals surface area contributed by atoms with E-state index in [0.29, 0.717) is 0 Å². The average Bonchev–Trinajstić information content (AvgIpc) is 2.32. The second kappa shape index (κ2) is 9.39. The van der Waals surface area contributed by atoms with E-state index in [-0.39, 0.29) is 79.1 Å². The maximum atomic E-state index is 11.3. The summed E-state index contributed by atoms with van der Waals surface area (Å²) in [4.78, 5) is 13.1. The second-order valence-corrected chi connectivity index (χ2v) is 4.00. The molecule has 1 heterocycles. The first kappa shape index (κ1) is 21.6. The zero-order chi connectivity index (χ0) is 9.19. The van der Waals surface area contributed by atoms with Crippen molar-refractivity contribution in [2.75, 3.05) is 13.1 Å². The Kier molecular flexibility index (Phi) is 13.5. The first-order chi connectivity index (χ1) is 5.49. The average molecular weight is 489 g/mol. The Hall–Kier alpha value is 1.35. The molecule has 0 aromatic heterocycles. The standard InChI is InChI=1S/C9H16NO2.2HI.Zn/c1-9(2,3)12-8(11)10-6-4-5-7-10;;;/h4H,5-7H2,1-3H3;2*1H;/q-1;;;+2/p-2. The van der Waals surface area contributed by atoms with Gasteiger partial charge in [-0.3, -0.25) is 0 Å². The van der Waals surface area contributed by atoms with Gasteiger partial charge in [-0.2, -0.15) is 6.42 Å². The van der Waals surface area contributed by atoms with Crippen molar-refractivity contribution < 1.29 is 77.0 Å². The molecule has 15 heavy (non-hydrogen) atoms. The molecule has 1 saturated heterocycles. The zero-order valence-electron chi connectivity index (χ0n) is 9.43. The Morgan fingerprint density at radius 2 is 1.87 bits per heavy atom. The van der Waals surface area contributed by atoms with Gasteiger partial charge in [0.05, 0.1) is 0 Å². The van der Waals surface area contributed by atoms with Crippen LogP contribution >= 0.6 is 0 Å². The summed E-state index contributed by atoms with van der Waals surface area (Å²) in [7, 11) is 0. The first-order valence-electron chi connectivity index (χ1n) is 4.28. The van der Waals surface area contributed by atoms with Crippen LogP contribution in [-0.2, 0) is 24.2 Å². The second-order valence-electron chi connectivity index (χ2n) is 4.00. The molecule has 0 aromatic carbocycles. The largest absolute Gasteiger partial charge is 2.00 e. The van der Waals surface area contributed by atoms with E-state index in [9.17, 15) is 4.79 Å². The quantitative estimate of drug-likeness (QED) is 0.197. The van der Waals surface area contributed by atoms with Crippen LogP contribution in [0.3, 0.4) is 0 Å². The van der Waals surface area contributed by atoms with E-state index in [1.807, 2.05) is 20.8 Å². The monoisotopic (exact) mass is 488 g/mol. The molecule has 1 rings (SSSR count). The van der Waals surface area contributed by atoms with Crippen LogP contribution in [0, 0.1) is 6.42 Å². The summed E-state index contributed by atoms with van der Waals surface area (Å²) in [6.07, 6.45) is 2.87. The summed E-state index contributed by atoms with van der Waals surface area (Å²) in [6, 6.07) is 0. The smallest absolute Gasteiger partial charge is 1.00 e. The molecule has 3 nitrogen and oxygen atoms in total. The fraction of sp³-hybridized carbons (Fsp3) is 0.778. The summed E-state index contributed by atoms with van der Waals surface area (Å²) in [6.45, 7) is 7.17. The van der Waals surface area contributed by atoms with Crippen molar-refractivity contribution in [1.82, 2.24) is 4.90 Å². The Morgan fingerprint density at radius 3 is 2.20 bits per heavy atom. The van der Waals surface area contributed by atoms with Crippen molar-refractivity contribution in [1.29, 1.82) is 0 Å². The van der Waals surface area contributed by atoms with Crippen molar-refractivity contribution in [3.05, 3.63) is 6.42 Å². The fourth-order valence-corrected chi connectivity index (χ4v) is 1.08. The molecule has 0 N–H and O–H groups in total. The summed E-state index contributed by atoms with van der Waals surface area (Å²) >= 11 is 0. The third-order valence-corrected chi connectivity index (χ3v) is 1.60. The number of amides is 1. The van der Waals surface area contributed by atoms with Gasteiger partial charge in [0.2, 0.25) is 0 Å². The van der Waals surface area contributed by atoms with Crippen molar-refractivity contribution in [2.45, 2.75) is 32.8 Å². The third kappa shape index (κ3) is 9.09. The van der Waals surface area contributed by atoms with Gasteiger partial charge in [0.25, 0.3) is 0 Å². The third-order valence-electron chi connectivity index (χ3n) is 1.60. The minimum Gasteiger partial charge on any atom is -1.00 e. The van der Waals surface area contributed by atoms with Crippen LogP contribution in [0.2, 0.25) is 0 Å². The topological polar surface area (TPSA) is 29.5 Å². The van der Waals surface area contributed by atoms with Gasteiger partial charge in [-0.25, -0.2) is 4.79 Å². The molecule has 0 radical (unpaired) electrons. The van der Waals surface area contributed by atoms with Crippen LogP contribution in [0.5, 0.6) is 0 Å². The number of carbonyl (C=O) groups is 1. The Balaban J connectivity index is -0.000000480. The molecule has 1 fully saturated rings.